The van der Waals surface area contributed by atoms with Crippen molar-refractivity contribution in [2.45, 2.75) is 25.2 Å². The Morgan fingerprint density at radius 3 is 2.52 bits per heavy atom. The first-order valence-corrected chi connectivity index (χ1v) is 9.56. The topological polar surface area (TPSA) is 95.9 Å². The minimum absolute atomic E-state index is 0.0185. The van der Waals surface area contributed by atoms with E-state index in [1.165, 1.54) is 4.90 Å². The molecule has 0 saturated heterocycles. The van der Waals surface area contributed by atoms with E-state index in [9.17, 15) is 19.5 Å². The number of nitrogens with zero attached hydrogens (tertiary/aromatic N) is 1. The van der Waals surface area contributed by atoms with Crippen molar-refractivity contribution in [2.24, 2.45) is 0 Å². The van der Waals surface area contributed by atoms with E-state index in [2.05, 4.69) is 5.32 Å². The van der Waals surface area contributed by atoms with Crippen molar-refractivity contribution < 1.29 is 24.2 Å². The predicted octanol–water partition coefficient (Wildman–Crippen LogP) is 2.35. The van der Waals surface area contributed by atoms with Crippen LogP contribution in [0.25, 0.3) is 0 Å². The molecule has 1 aliphatic heterocycles. The van der Waals surface area contributed by atoms with Gasteiger partial charge in [-0.3, -0.25) is 14.4 Å². The van der Waals surface area contributed by atoms with E-state index in [1.807, 2.05) is 12.1 Å². The Kier molecular flexibility index (Phi) is 6.16. The van der Waals surface area contributed by atoms with Crippen LogP contribution in [-0.4, -0.2) is 42.6 Å². The van der Waals surface area contributed by atoms with Gasteiger partial charge in [0.25, 0.3) is 5.91 Å². The van der Waals surface area contributed by atoms with Crippen molar-refractivity contribution in [3.8, 4) is 5.75 Å². The van der Waals surface area contributed by atoms with Gasteiger partial charge < -0.3 is 20.1 Å². The number of carboxylic acids is 1. The number of ether oxygens (including phenoxy) is 1. The standard InChI is InChI=1S/C22H24N2O5/c1-2-22(21(27)28,16-8-4-3-5-9-16)15-23-19(25)12-13-24-17-10-6-7-11-18(17)29-14-20(24)26/h3-11H,2,12-15H2,1H3,(H,23,25)(H,27,28). The molecule has 0 radical (unpaired) electrons. The first-order valence-electron chi connectivity index (χ1n) is 9.56. The molecule has 2 aromatic carbocycles. The van der Waals surface area contributed by atoms with Crippen molar-refractivity contribution >= 4 is 23.5 Å². The number of nitrogens with one attached hydrogen (secondary N) is 1. The zero-order valence-corrected chi connectivity index (χ0v) is 16.3. The number of anilines is 1. The van der Waals surface area contributed by atoms with Crippen LogP contribution in [0.3, 0.4) is 0 Å². The van der Waals surface area contributed by atoms with Crippen molar-refractivity contribution in [1.82, 2.24) is 5.32 Å². The molecule has 2 N–H and O–H groups in total. The van der Waals surface area contributed by atoms with Crippen molar-refractivity contribution in [3.63, 3.8) is 0 Å². The van der Waals surface area contributed by atoms with E-state index < -0.39 is 11.4 Å². The van der Waals surface area contributed by atoms with Crippen molar-refractivity contribution in [3.05, 3.63) is 60.2 Å². The maximum absolute atomic E-state index is 12.4. The Balaban J connectivity index is 1.65. The Labute approximate surface area is 169 Å². The largest absolute Gasteiger partial charge is 0.482 e. The van der Waals surface area contributed by atoms with Gasteiger partial charge in [-0.15, -0.1) is 0 Å². The highest BCUT2D eigenvalue weighted by atomic mass is 16.5. The fourth-order valence-corrected chi connectivity index (χ4v) is 3.49. The maximum Gasteiger partial charge on any atom is 0.315 e. The summed E-state index contributed by atoms with van der Waals surface area (Å²) in [5.74, 6) is -0.901. The Morgan fingerprint density at radius 1 is 1.14 bits per heavy atom. The maximum atomic E-state index is 12.4. The molecule has 0 bridgehead atoms. The third-order valence-corrected chi connectivity index (χ3v) is 5.30. The van der Waals surface area contributed by atoms with Gasteiger partial charge in [-0.1, -0.05) is 49.4 Å². The van der Waals surface area contributed by atoms with E-state index in [-0.39, 0.29) is 37.9 Å². The highest BCUT2D eigenvalue weighted by Gasteiger charge is 2.39. The van der Waals surface area contributed by atoms with Gasteiger partial charge in [0.15, 0.2) is 6.61 Å². The van der Waals surface area contributed by atoms with E-state index in [0.717, 1.165) is 0 Å². The third-order valence-electron chi connectivity index (χ3n) is 5.30. The summed E-state index contributed by atoms with van der Waals surface area (Å²) in [6.07, 6.45) is 0.399. The van der Waals surface area contributed by atoms with Crippen LogP contribution in [0.5, 0.6) is 5.75 Å². The van der Waals surface area contributed by atoms with Crippen LogP contribution in [0.1, 0.15) is 25.3 Å². The van der Waals surface area contributed by atoms with Crippen molar-refractivity contribution in [1.29, 1.82) is 0 Å². The molecule has 0 fully saturated rings. The number of rotatable bonds is 8. The molecule has 2 aromatic rings. The second-order valence-electron chi connectivity index (χ2n) is 6.94. The third kappa shape index (κ3) is 4.23. The normalized spacial score (nSPS) is 15.1. The molecule has 7 nitrogen and oxygen atoms in total. The van der Waals surface area contributed by atoms with Crippen molar-refractivity contribution in [2.75, 3.05) is 24.6 Å². The average Bonchev–Trinajstić information content (AvgIpc) is 2.74. The van der Waals surface area contributed by atoms with Crippen LogP contribution in [0, 0.1) is 0 Å². The number of hydrogen-bond donors (Lipinski definition) is 2. The summed E-state index contributed by atoms with van der Waals surface area (Å²) in [6, 6.07) is 16.1. The summed E-state index contributed by atoms with van der Waals surface area (Å²) < 4.78 is 5.40. The molecule has 1 heterocycles. The van der Waals surface area contributed by atoms with Crippen LogP contribution in [0.4, 0.5) is 5.69 Å². The van der Waals surface area contributed by atoms with Gasteiger partial charge in [0.2, 0.25) is 5.91 Å². The van der Waals surface area contributed by atoms with Gasteiger partial charge in [0.05, 0.1) is 5.69 Å². The second-order valence-corrected chi connectivity index (χ2v) is 6.94. The van der Waals surface area contributed by atoms with Crippen LogP contribution < -0.4 is 15.0 Å². The highest BCUT2D eigenvalue weighted by molar-refractivity contribution is 5.98. The summed E-state index contributed by atoms with van der Waals surface area (Å²) in [5, 5.41) is 12.6. The molecule has 0 aromatic heterocycles. The van der Waals surface area contributed by atoms with E-state index >= 15 is 0 Å². The minimum Gasteiger partial charge on any atom is -0.482 e. The molecule has 0 aliphatic carbocycles. The number of hydrogen-bond acceptors (Lipinski definition) is 4. The molecule has 3 rings (SSSR count). The summed E-state index contributed by atoms with van der Waals surface area (Å²) in [4.78, 5) is 38.2. The second kappa shape index (κ2) is 8.77. The molecule has 2 amide bonds. The molecule has 1 atom stereocenters. The van der Waals surface area contributed by atoms with E-state index in [0.29, 0.717) is 23.4 Å². The summed E-state index contributed by atoms with van der Waals surface area (Å²) in [6.45, 7) is 1.90. The van der Waals surface area contributed by atoms with Gasteiger partial charge in [-0.2, -0.15) is 0 Å². The van der Waals surface area contributed by atoms with Crippen LogP contribution in [0.15, 0.2) is 54.6 Å². The highest BCUT2D eigenvalue weighted by Crippen LogP contribution is 2.31. The fourth-order valence-electron chi connectivity index (χ4n) is 3.49. The first kappa shape index (κ1) is 20.4. The average molecular weight is 396 g/mol. The van der Waals surface area contributed by atoms with Gasteiger partial charge in [0, 0.05) is 19.5 Å². The van der Waals surface area contributed by atoms with E-state index in [1.54, 1.807) is 49.4 Å². The lowest BCUT2D eigenvalue weighted by Crippen LogP contribution is -2.47. The number of amides is 2. The molecule has 7 heteroatoms. The zero-order chi connectivity index (χ0) is 20.9. The van der Waals surface area contributed by atoms with E-state index in [4.69, 9.17) is 4.74 Å². The number of carbonyl (C=O) groups excluding carboxylic acids is 2. The lowest BCUT2D eigenvalue weighted by Gasteiger charge is -2.30. The number of benzene rings is 2. The molecule has 0 saturated carbocycles. The molecule has 152 valence electrons. The van der Waals surface area contributed by atoms with Crippen LogP contribution in [-0.2, 0) is 19.8 Å². The predicted molar refractivity (Wildman–Crippen MR) is 108 cm³/mol. The van der Waals surface area contributed by atoms with Gasteiger partial charge in [0.1, 0.15) is 11.2 Å². The zero-order valence-electron chi connectivity index (χ0n) is 16.3. The summed E-state index contributed by atoms with van der Waals surface area (Å²) in [5.41, 5.74) is 0.0834. The Morgan fingerprint density at radius 2 is 1.83 bits per heavy atom. The van der Waals surface area contributed by atoms with Gasteiger partial charge in [-0.05, 0) is 24.1 Å². The smallest absolute Gasteiger partial charge is 0.315 e. The molecule has 1 unspecified atom stereocenters. The number of para-hydroxylation sites is 2. The summed E-state index contributed by atoms with van der Waals surface area (Å²) >= 11 is 0. The fraction of sp³-hybridized carbons (Fsp3) is 0.318. The molecular formula is C22H24N2O5. The molecule has 0 spiro atoms. The molecular weight excluding hydrogens is 372 g/mol. The number of carboxylic acid groups (broad SMARTS) is 1. The van der Waals surface area contributed by atoms with Gasteiger partial charge in [-0.25, -0.2) is 0 Å². The van der Waals surface area contributed by atoms with Gasteiger partial charge >= 0.3 is 5.97 Å². The first-order chi connectivity index (χ1) is 14.0. The minimum atomic E-state index is -1.20. The molecule has 1 aliphatic rings. The Hall–Kier alpha value is -3.35. The van der Waals surface area contributed by atoms with Crippen LogP contribution >= 0.6 is 0 Å². The monoisotopic (exact) mass is 396 g/mol. The van der Waals surface area contributed by atoms with Crippen LogP contribution in [0.2, 0.25) is 0 Å². The Bertz CT molecular complexity index is 899. The number of aliphatic carboxylic acids is 1. The lowest BCUT2D eigenvalue weighted by molar-refractivity contribution is -0.144. The summed E-state index contributed by atoms with van der Waals surface area (Å²) in [7, 11) is 0. The SMILES string of the molecule is CCC(CNC(=O)CCN1C(=O)COc2ccccc21)(C(=O)O)c1ccccc1. The number of fused-ring (bicyclic) bond motifs is 1. The lowest BCUT2D eigenvalue weighted by atomic mass is 9.78. The molecule has 29 heavy (non-hydrogen) atoms. The quantitative estimate of drug-likeness (QED) is 0.714. The number of carbonyl (C=O) groups is 3.